The first-order valence-corrected chi connectivity index (χ1v) is 8.97. The van der Waals surface area contributed by atoms with E-state index >= 15 is 0 Å². The van der Waals surface area contributed by atoms with Crippen molar-refractivity contribution in [3.8, 4) is 0 Å². The molecule has 0 saturated heterocycles. The minimum atomic E-state index is -1.67. The zero-order valence-corrected chi connectivity index (χ0v) is 14.9. The number of carbonyl (C=O) groups excluding carboxylic acids is 2. The molecule has 7 heteroatoms. The van der Waals surface area contributed by atoms with Crippen LogP contribution in [0, 0.1) is 17.5 Å². The molecule has 0 N–H and O–H groups in total. The smallest absolute Gasteiger partial charge is 0.307 e. The molecule has 1 saturated carbocycles. The molecule has 1 aromatic rings. The Morgan fingerprint density at radius 1 is 1.04 bits per heavy atom. The van der Waals surface area contributed by atoms with Gasteiger partial charge in [-0.3, -0.25) is 9.59 Å². The van der Waals surface area contributed by atoms with E-state index in [1.165, 1.54) is 12.0 Å². The molecule has 1 amide bonds. The van der Waals surface area contributed by atoms with Crippen molar-refractivity contribution in [2.75, 3.05) is 13.7 Å². The summed E-state index contributed by atoms with van der Waals surface area (Å²) >= 11 is 0. The highest BCUT2D eigenvalue weighted by atomic mass is 19.2. The van der Waals surface area contributed by atoms with Crippen molar-refractivity contribution < 1.29 is 27.5 Å². The Balaban J connectivity index is 2.27. The molecule has 0 atom stereocenters. The molecule has 1 aliphatic rings. The summed E-state index contributed by atoms with van der Waals surface area (Å²) in [5, 5.41) is 0. The number of hydrogen-bond donors (Lipinski definition) is 0. The monoisotopic (exact) mass is 371 g/mol. The Labute approximate surface area is 151 Å². The Morgan fingerprint density at radius 2 is 1.65 bits per heavy atom. The predicted molar refractivity (Wildman–Crippen MR) is 90.1 cm³/mol. The highest BCUT2D eigenvalue weighted by molar-refractivity contribution is 5.95. The first-order chi connectivity index (χ1) is 12.5. The summed E-state index contributed by atoms with van der Waals surface area (Å²) in [5.41, 5.74) is -0.518. The molecule has 0 aromatic heterocycles. The number of amides is 1. The molecule has 2 rings (SSSR count). The number of carbonyl (C=O) groups is 2. The van der Waals surface area contributed by atoms with E-state index in [4.69, 9.17) is 0 Å². The van der Waals surface area contributed by atoms with Crippen LogP contribution < -0.4 is 0 Å². The second-order valence-corrected chi connectivity index (χ2v) is 6.55. The third-order valence-corrected chi connectivity index (χ3v) is 4.83. The molecule has 144 valence electrons. The topological polar surface area (TPSA) is 46.6 Å². The molecule has 1 aromatic carbocycles. The van der Waals surface area contributed by atoms with Gasteiger partial charge in [-0.05, 0) is 25.0 Å². The summed E-state index contributed by atoms with van der Waals surface area (Å²) in [6.07, 6.45) is 6.52. The average Bonchev–Trinajstić information content (AvgIpc) is 2.60. The molecule has 0 heterocycles. The van der Waals surface area contributed by atoms with Gasteiger partial charge in [-0.1, -0.05) is 32.1 Å². The second kappa shape index (κ2) is 9.59. The maximum Gasteiger partial charge on any atom is 0.307 e. The number of rotatable bonds is 5. The molecule has 0 radical (unpaired) electrons. The van der Waals surface area contributed by atoms with E-state index in [1.807, 2.05) is 0 Å². The number of benzene rings is 1. The fourth-order valence-corrected chi connectivity index (χ4v) is 3.36. The maximum atomic E-state index is 14.1. The summed E-state index contributed by atoms with van der Waals surface area (Å²) in [7, 11) is 1.25. The normalized spacial score (nSPS) is 15.8. The lowest BCUT2D eigenvalue weighted by molar-refractivity contribution is -0.140. The summed E-state index contributed by atoms with van der Waals surface area (Å²) in [4.78, 5) is 25.8. The van der Waals surface area contributed by atoms with Crippen LogP contribution in [0.1, 0.15) is 61.7 Å². The van der Waals surface area contributed by atoms with Crippen LogP contribution in [0.25, 0.3) is 0 Å². The zero-order valence-electron chi connectivity index (χ0n) is 14.9. The largest absolute Gasteiger partial charge is 0.469 e. The quantitative estimate of drug-likeness (QED) is 0.575. The fourth-order valence-electron chi connectivity index (χ4n) is 3.36. The van der Waals surface area contributed by atoms with Crippen LogP contribution in [-0.4, -0.2) is 36.5 Å². The van der Waals surface area contributed by atoms with Crippen molar-refractivity contribution in [2.45, 2.75) is 57.4 Å². The number of esters is 1. The molecule has 0 unspecified atom stereocenters. The minimum absolute atomic E-state index is 0.0377. The Morgan fingerprint density at radius 3 is 2.27 bits per heavy atom. The van der Waals surface area contributed by atoms with Crippen molar-refractivity contribution in [3.05, 3.63) is 35.1 Å². The first kappa shape index (κ1) is 20.3. The third-order valence-electron chi connectivity index (χ3n) is 4.83. The molecule has 1 fully saturated rings. The lowest BCUT2D eigenvalue weighted by Gasteiger charge is -2.33. The van der Waals surface area contributed by atoms with E-state index in [0.29, 0.717) is 0 Å². The number of ether oxygens (including phenoxy) is 1. The molecule has 0 spiro atoms. The standard InChI is InChI=1S/C19H24F3NO3/c1-26-16(24)11-12-23(13-7-5-3-2-4-6-8-13)19(25)14-9-10-15(20)18(22)17(14)21/h9-10,13H,2-8,11-12H2,1H3. The Bertz CT molecular complexity index is 643. The number of nitrogens with zero attached hydrogens (tertiary/aromatic N) is 1. The van der Waals surface area contributed by atoms with Crippen LogP contribution in [0.5, 0.6) is 0 Å². The van der Waals surface area contributed by atoms with Gasteiger partial charge in [0.05, 0.1) is 19.1 Å². The summed E-state index contributed by atoms with van der Waals surface area (Å²) in [5.74, 6) is -5.72. The maximum absolute atomic E-state index is 14.1. The van der Waals surface area contributed by atoms with Crippen LogP contribution in [0.4, 0.5) is 13.2 Å². The average molecular weight is 371 g/mol. The van der Waals surface area contributed by atoms with Gasteiger partial charge in [0, 0.05) is 12.6 Å². The van der Waals surface area contributed by atoms with Gasteiger partial charge in [-0.2, -0.15) is 0 Å². The first-order valence-electron chi connectivity index (χ1n) is 8.97. The van der Waals surface area contributed by atoms with Gasteiger partial charge < -0.3 is 9.64 Å². The lowest BCUT2D eigenvalue weighted by atomic mass is 9.95. The van der Waals surface area contributed by atoms with Gasteiger partial charge in [0.2, 0.25) is 0 Å². The Kier molecular flexibility index (Phi) is 7.48. The van der Waals surface area contributed by atoms with E-state index in [9.17, 15) is 22.8 Å². The lowest BCUT2D eigenvalue weighted by Crippen LogP contribution is -2.42. The molecule has 1 aliphatic carbocycles. The van der Waals surface area contributed by atoms with Gasteiger partial charge in [-0.25, -0.2) is 13.2 Å². The van der Waals surface area contributed by atoms with E-state index in [2.05, 4.69) is 4.74 Å². The fraction of sp³-hybridized carbons (Fsp3) is 0.579. The van der Waals surface area contributed by atoms with Crippen molar-refractivity contribution in [1.29, 1.82) is 0 Å². The van der Waals surface area contributed by atoms with Crippen molar-refractivity contribution in [2.24, 2.45) is 0 Å². The van der Waals surface area contributed by atoms with Gasteiger partial charge in [-0.15, -0.1) is 0 Å². The minimum Gasteiger partial charge on any atom is -0.469 e. The van der Waals surface area contributed by atoms with E-state index in [1.54, 1.807) is 0 Å². The summed E-state index contributed by atoms with van der Waals surface area (Å²) in [6.45, 7) is 0.0502. The molecular formula is C19H24F3NO3. The molecule has 0 bridgehead atoms. The van der Waals surface area contributed by atoms with Crippen LogP contribution in [0.3, 0.4) is 0 Å². The summed E-state index contributed by atoms with van der Waals surface area (Å²) < 4.78 is 45.4. The van der Waals surface area contributed by atoms with Crippen LogP contribution in [0.15, 0.2) is 12.1 Å². The SMILES string of the molecule is COC(=O)CCN(C(=O)c1ccc(F)c(F)c1F)C1CCCCCCC1. The predicted octanol–water partition coefficient (Wildman–Crippen LogP) is 4.22. The Hall–Kier alpha value is -2.05. The second-order valence-electron chi connectivity index (χ2n) is 6.55. The number of methoxy groups -OCH3 is 1. The van der Waals surface area contributed by atoms with Crippen LogP contribution in [0.2, 0.25) is 0 Å². The van der Waals surface area contributed by atoms with Crippen molar-refractivity contribution in [3.63, 3.8) is 0 Å². The van der Waals surface area contributed by atoms with Crippen LogP contribution >= 0.6 is 0 Å². The third kappa shape index (κ3) is 4.99. The van der Waals surface area contributed by atoms with Gasteiger partial charge in [0.1, 0.15) is 0 Å². The van der Waals surface area contributed by atoms with E-state index < -0.39 is 34.9 Å². The zero-order chi connectivity index (χ0) is 19.1. The molecule has 26 heavy (non-hydrogen) atoms. The highest BCUT2D eigenvalue weighted by Gasteiger charge is 2.29. The molecule has 0 aliphatic heterocycles. The van der Waals surface area contributed by atoms with Gasteiger partial charge >= 0.3 is 5.97 Å². The number of hydrogen-bond acceptors (Lipinski definition) is 3. The summed E-state index contributed by atoms with van der Waals surface area (Å²) in [6, 6.07) is 1.52. The van der Waals surface area contributed by atoms with Gasteiger partial charge in [0.25, 0.3) is 5.91 Å². The van der Waals surface area contributed by atoms with E-state index in [0.717, 1.165) is 57.1 Å². The molecular weight excluding hydrogens is 347 g/mol. The molecule has 4 nitrogen and oxygen atoms in total. The highest BCUT2D eigenvalue weighted by Crippen LogP contribution is 2.25. The van der Waals surface area contributed by atoms with Crippen LogP contribution in [-0.2, 0) is 9.53 Å². The van der Waals surface area contributed by atoms with Crippen molar-refractivity contribution >= 4 is 11.9 Å². The number of halogens is 3. The van der Waals surface area contributed by atoms with E-state index in [-0.39, 0.29) is 19.0 Å². The van der Waals surface area contributed by atoms with Gasteiger partial charge in [0.15, 0.2) is 17.5 Å². The van der Waals surface area contributed by atoms with Crippen molar-refractivity contribution in [1.82, 2.24) is 4.90 Å².